The first-order chi connectivity index (χ1) is 16.0. The molecule has 0 saturated carbocycles. The number of pyridine rings is 2. The zero-order valence-electron chi connectivity index (χ0n) is 18.6. The lowest BCUT2D eigenvalue weighted by Gasteiger charge is -2.09. The van der Waals surface area contributed by atoms with Crippen LogP contribution in [0.3, 0.4) is 0 Å². The number of rotatable bonds is 8. The number of carbonyl (C=O) groups excluding carboxylic acids is 1. The molecule has 3 heterocycles. The van der Waals surface area contributed by atoms with E-state index in [2.05, 4.69) is 10.3 Å². The van der Waals surface area contributed by atoms with Crippen LogP contribution < -0.4 is 15.6 Å². The number of hydrogen-bond donors (Lipinski definition) is 1. The summed E-state index contributed by atoms with van der Waals surface area (Å²) in [5, 5.41) is 6.13. The Balaban J connectivity index is 1.42. The molecule has 1 amide bonds. The van der Waals surface area contributed by atoms with Gasteiger partial charge in [0.15, 0.2) is 6.61 Å². The van der Waals surface area contributed by atoms with Crippen LogP contribution in [0.5, 0.6) is 5.75 Å². The summed E-state index contributed by atoms with van der Waals surface area (Å²) in [6.45, 7) is 5.04. The minimum Gasteiger partial charge on any atom is -0.484 e. The maximum atomic E-state index is 13.3. The third-order valence-electron chi connectivity index (χ3n) is 5.73. The summed E-state index contributed by atoms with van der Waals surface area (Å²) in [5.74, 6) is 0.388. The van der Waals surface area contributed by atoms with Crippen LogP contribution in [0.2, 0.25) is 0 Å². The van der Waals surface area contributed by atoms with Gasteiger partial charge in [-0.05, 0) is 50.6 Å². The molecule has 0 bridgehead atoms. The number of fused-ring (bicyclic) bond motifs is 5. The van der Waals surface area contributed by atoms with E-state index in [9.17, 15) is 9.59 Å². The van der Waals surface area contributed by atoms with Gasteiger partial charge in [0.25, 0.3) is 11.5 Å². The molecule has 3 aromatic heterocycles. The van der Waals surface area contributed by atoms with Gasteiger partial charge in [-0.2, -0.15) is 0 Å². The second-order valence-electron chi connectivity index (χ2n) is 8.33. The van der Waals surface area contributed by atoms with Gasteiger partial charge >= 0.3 is 0 Å². The molecule has 7 heteroatoms. The van der Waals surface area contributed by atoms with E-state index in [1.54, 1.807) is 16.7 Å². The van der Waals surface area contributed by atoms with Crippen LogP contribution in [-0.4, -0.2) is 41.2 Å². The van der Waals surface area contributed by atoms with Gasteiger partial charge in [-0.25, -0.2) is 0 Å². The number of hydrogen-bond acceptors (Lipinski definition) is 5. The highest BCUT2D eigenvalue weighted by Gasteiger charge is 2.18. The van der Waals surface area contributed by atoms with Crippen molar-refractivity contribution in [2.45, 2.75) is 26.4 Å². The number of amides is 1. The fourth-order valence-electron chi connectivity index (χ4n) is 4.26. The standard InChI is InChI=1S/C26H25N3O4/c1-16(2)32-13-5-11-27-23(30)15-33-17-8-9-22-21(14-17)19-10-12-28-24-18-6-3-4-7-20(18)26(31)29(22)25(19)24/h3-4,6-10,12,14,16H,5,11,13,15H2,1-2H3,(H,27,30). The lowest BCUT2D eigenvalue weighted by atomic mass is 10.1. The third-order valence-corrected chi connectivity index (χ3v) is 5.73. The van der Waals surface area contributed by atoms with Gasteiger partial charge in [0, 0.05) is 40.9 Å². The molecule has 0 aliphatic carbocycles. The van der Waals surface area contributed by atoms with E-state index in [0.29, 0.717) is 24.3 Å². The maximum absolute atomic E-state index is 13.3. The quantitative estimate of drug-likeness (QED) is 0.291. The van der Waals surface area contributed by atoms with Crippen molar-refractivity contribution >= 4 is 44.0 Å². The van der Waals surface area contributed by atoms with Crippen molar-refractivity contribution < 1.29 is 14.3 Å². The van der Waals surface area contributed by atoms with Crippen molar-refractivity contribution in [1.29, 1.82) is 0 Å². The van der Waals surface area contributed by atoms with Crippen LogP contribution in [0.4, 0.5) is 0 Å². The Morgan fingerprint density at radius 2 is 1.88 bits per heavy atom. The average Bonchev–Trinajstić information content (AvgIpc) is 3.15. The maximum Gasteiger partial charge on any atom is 0.263 e. The number of aromatic nitrogens is 2. The summed E-state index contributed by atoms with van der Waals surface area (Å²) < 4.78 is 12.9. The highest BCUT2D eigenvalue weighted by Crippen LogP contribution is 2.34. The zero-order chi connectivity index (χ0) is 22.9. The fourth-order valence-corrected chi connectivity index (χ4v) is 4.26. The average molecular weight is 444 g/mol. The van der Waals surface area contributed by atoms with E-state index in [-0.39, 0.29) is 24.2 Å². The second kappa shape index (κ2) is 8.67. The van der Waals surface area contributed by atoms with Crippen molar-refractivity contribution in [3.8, 4) is 5.75 Å². The van der Waals surface area contributed by atoms with E-state index >= 15 is 0 Å². The first kappa shape index (κ1) is 21.2. The highest BCUT2D eigenvalue weighted by atomic mass is 16.5. The van der Waals surface area contributed by atoms with Crippen LogP contribution in [0.15, 0.2) is 59.5 Å². The number of carbonyl (C=O) groups is 1. The minimum absolute atomic E-state index is 0.0689. The van der Waals surface area contributed by atoms with E-state index < -0.39 is 0 Å². The SMILES string of the molecule is CC(C)OCCCNC(=O)COc1ccc2c(c1)c1ccnc3c4ccccc4c(=O)n2c13. The molecule has 0 fully saturated rings. The Labute approximate surface area is 190 Å². The molecule has 33 heavy (non-hydrogen) atoms. The predicted molar refractivity (Wildman–Crippen MR) is 129 cm³/mol. The van der Waals surface area contributed by atoms with Crippen molar-refractivity contribution in [2.75, 3.05) is 19.8 Å². The van der Waals surface area contributed by atoms with Crippen LogP contribution in [0.1, 0.15) is 20.3 Å². The molecular formula is C26H25N3O4. The van der Waals surface area contributed by atoms with Crippen LogP contribution >= 0.6 is 0 Å². The van der Waals surface area contributed by atoms with Gasteiger partial charge in [-0.15, -0.1) is 0 Å². The summed E-state index contributed by atoms with van der Waals surface area (Å²) in [6.07, 6.45) is 2.70. The van der Waals surface area contributed by atoms with E-state index in [1.165, 1.54) is 0 Å². The first-order valence-electron chi connectivity index (χ1n) is 11.1. The smallest absolute Gasteiger partial charge is 0.263 e. The van der Waals surface area contributed by atoms with E-state index in [4.69, 9.17) is 9.47 Å². The van der Waals surface area contributed by atoms with Gasteiger partial charge < -0.3 is 14.8 Å². The summed E-state index contributed by atoms with van der Waals surface area (Å²) in [7, 11) is 0. The minimum atomic E-state index is -0.183. The normalized spacial score (nSPS) is 11.8. The van der Waals surface area contributed by atoms with Crippen molar-refractivity contribution in [2.24, 2.45) is 0 Å². The van der Waals surface area contributed by atoms with Gasteiger partial charge in [0.1, 0.15) is 5.75 Å². The Kier molecular flexibility index (Phi) is 5.56. The lowest BCUT2D eigenvalue weighted by molar-refractivity contribution is -0.123. The molecule has 0 aliphatic rings. The molecule has 5 rings (SSSR count). The third kappa shape index (κ3) is 3.85. The zero-order valence-corrected chi connectivity index (χ0v) is 18.6. The summed E-state index contributed by atoms with van der Waals surface area (Å²) >= 11 is 0. The summed E-state index contributed by atoms with van der Waals surface area (Å²) in [6, 6.07) is 15.0. The van der Waals surface area contributed by atoms with Gasteiger partial charge in [0.05, 0.1) is 22.7 Å². The molecule has 5 aromatic rings. The molecule has 168 valence electrons. The molecule has 7 nitrogen and oxygen atoms in total. The van der Waals surface area contributed by atoms with Crippen LogP contribution in [0, 0.1) is 0 Å². The number of nitrogens with zero attached hydrogens (tertiary/aromatic N) is 2. The lowest BCUT2D eigenvalue weighted by Crippen LogP contribution is -2.30. The Morgan fingerprint density at radius 3 is 2.70 bits per heavy atom. The molecular weight excluding hydrogens is 418 g/mol. The molecule has 0 radical (unpaired) electrons. The highest BCUT2D eigenvalue weighted by molar-refractivity contribution is 6.18. The van der Waals surface area contributed by atoms with Gasteiger partial charge in [0.2, 0.25) is 0 Å². The van der Waals surface area contributed by atoms with Crippen molar-refractivity contribution in [3.63, 3.8) is 0 Å². The topological polar surface area (TPSA) is 81.9 Å². The first-order valence-corrected chi connectivity index (χ1v) is 11.1. The molecule has 1 N–H and O–H groups in total. The Hall–Kier alpha value is -3.71. The van der Waals surface area contributed by atoms with E-state index in [1.807, 2.05) is 56.3 Å². The fraction of sp³-hybridized carbons (Fsp3) is 0.269. The van der Waals surface area contributed by atoms with Crippen LogP contribution in [-0.2, 0) is 9.53 Å². The second-order valence-corrected chi connectivity index (χ2v) is 8.33. The number of ether oxygens (including phenoxy) is 2. The molecule has 0 saturated heterocycles. The van der Waals surface area contributed by atoms with Crippen molar-refractivity contribution in [1.82, 2.24) is 14.7 Å². The van der Waals surface area contributed by atoms with Crippen LogP contribution in [0.25, 0.3) is 38.1 Å². The van der Waals surface area contributed by atoms with Gasteiger partial charge in [-0.1, -0.05) is 18.2 Å². The largest absolute Gasteiger partial charge is 0.484 e. The summed E-state index contributed by atoms with van der Waals surface area (Å²) in [5.41, 5.74) is 2.32. The molecule has 0 aliphatic heterocycles. The molecule has 0 atom stereocenters. The molecule has 2 aromatic carbocycles. The molecule has 0 spiro atoms. The van der Waals surface area contributed by atoms with Crippen molar-refractivity contribution in [3.05, 3.63) is 65.1 Å². The molecule has 0 unspecified atom stereocenters. The van der Waals surface area contributed by atoms with Gasteiger partial charge in [-0.3, -0.25) is 19.0 Å². The predicted octanol–water partition coefficient (Wildman–Crippen LogP) is 3.90. The Bertz CT molecular complexity index is 1520. The number of nitrogens with one attached hydrogen (secondary N) is 1. The Morgan fingerprint density at radius 1 is 1.06 bits per heavy atom. The summed E-state index contributed by atoms with van der Waals surface area (Å²) in [4.78, 5) is 30.0. The monoisotopic (exact) mass is 443 g/mol. The number of benzene rings is 2. The van der Waals surface area contributed by atoms with E-state index in [0.717, 1.165) is 39.1 Å².